The second-order valence-electron chi connectivity index (χ2n) is 8.50. The first-order valence-corrected chi connectivity index (χ1v) is 11.5. The SMILES string of the molecule is CN=C(NCCn1c(C)nc2ccccc21)N1CCN(C(C)C(=O)N2CCCC2)CC1. The maximum Gasteiger partial charge on any atom is 0.239 e. The molecule has 2 saturated heterocycles. The number of likely N-dealkylation sites (tertiary alicyclic amines) is 1. The number of benzene rings is 1. The van der Waals surface area contributed by atoms with E-state index >= 15 is 0 Å². The Balaban J connectivity index is 1.27. The molecule has 8 nitrogen and oxygen atoms in total. The number of imidazole rings is 1. The minimum atomic E-state index is -0.0345. The Morgan fingerprint density at radius 2 is 1.81 bits per heavy atom. The Morgan fingerprint density at radius 1 is 1.10 bits per heavy atom. The van der Waals surface area contributed by atoms with E-state index in [2.05, 4.69) is 61.7 Å². The minimum absolute atomic E-state index is 0.0345. The standard InChI is InChI=1S/C23H35N7O/c1-18(22(31)28-11-6-7-12-28)27-14-16-29(17-15-27)23(24-3)25-10-13-30-19(2)26-20-8-4-5-9-21(20)30/h4-5,8-9,18H,6-7,10-17H2,1-3H3,(H,24,25). The van der Waals surface area contributed by atoms with Crippen LogP contribution >= 0.6 is 0 Å². The lowest BCUT2D eigenvalue weighted by Crippen LogP contribution is -2.57. The Kier molecular flexibility index (Phi) is 6.75. The number of hydrogen-bond acceptors (Lipinski definition) is 4. The Morgan fingerprint density at radius 3 is 2.52 bits per heavy atom. The van der Waals surface area contributed by atoms with Crippen LogP contribution < -0.4 is 5.32 Å². The summed E-state index contributed by atoms with van der Waals surface area (Å²) in [5.74, 6) is 2.25. The van der Waals surface area contributed by atoms with E-state index in [0.717, 1.165) is 82.5 Å². The molecule has 0 bridgehead atoms. The van der Waals surface area contributed by atoms with Crippen LogP contribution in [-0.4, -0.2) is 95.0 Å². The zero-order valence-corrected chi connectivity index (χ0v) is 19.0. The molecular formula is C23H35N7O. The van der Waals surface area contributed by atoms with Crippen molar-refractivity contribution in [3.8, 4) is 0 Å². The van der Waals surface area contributed by atoms with Crippen molar-refractivity contribution in [3.63, 3.8) is 0 Å². The number of carbonyl (C=O) groups is 1. The second-order valence-corrected chi connectivity index (χ2v) is 8.50. The van der Waals surface area contributed by atoms with Gasteiger partial charge < -0.3 is 19.7 Å². The summed E-state index contributed by atoms with van der Waals surface area (Å²) in [7, 11) is 1.84. The molecule has 168 valence electrons. The summed E-state index contributed by atoms with van der Waals surface area (Å²) >= 11 is 0. The zero-order chi connectivity index (χ0) is 21.8. The molecule has 1 unspecified atom stereocenters. The van der Waals surface area contributed by atoms with Crippen LogP contribution in [0, 0.1) is 6.92 Å². The molecule has 31 heavy (non-hydrogen) atoms. The molecule has 4 rings (SSSR count). The highest BCUT2D eigenvalue weighted by Gasteiger charge is 2.30. The van der Waals surface area contributed by atoms with Gasteiger partial charge in [0.05, 0.1) is 17.1 Å². The molecule has 0 spiro atoms. The number of nitrogens with one attached hydrogen (secondary N) is 1. The van der Waals surface area contributed by atoms with Gasteiger partial charge in [0.2, 0.25) is 5.91 Å². The third kappa shape index (κ3) is 4.69. The topological polar surface area (TPSA) is 69.0 Å². The largest absolute Gasteiger partial charge is 0.354 e. The van der Waals surface area contributed by atoms with E-state index in [1.165, 1.54) is 5.52 Å². The van der Waals surface area contributed by atoms with Crippen LogP contribution in [0.2, 0.25) is 0 Å². The van der Waals surface area contributed by atoms with Crippen molar-refractivity contribution in [2.24, 2.45) is 4.99 Å². The van der Waals surface area contributed by atoms with Crippen LogP contribution in [0.15, 0.2) is 29.3 Å². The van der Waals surface area contributed by atoms with Gasteiger partial charge in [-0.1, -0.05) is 12.1 Å². The first-order chi connectivity index (χ1) is 15.1. The number of fused-ring (bicyclic) bond motifs is 1. The average molecular weight is 426 g/mol. The molecule has 2 aliphatic rings. The Bertz CT molecular complexity index is 923. The van der Waals surface area contributed by atoms with Crippen molar-refractivity contribution in [1.82, 2.24) is 29.6 Å². The van der Waals surface area contributed by atoms with E-state index in [0.29, 0.717) is 0 Å². The number of para-hydroxylation sites is 2. The van der Waals surface area contributed by atoms with Crippen molar-refractivity contribution in [3.05, 3.63) is 30.1 Å². The highest BCUT2D eigenvalue weighted by Crippen LogP contribution is 2.16. The number of guanidine groups is 1. The molecule has 1 aromatic heterocycles. The smallest absolute Gasteiger partial charge is 0.239 e. The number of aliphatic imine (C=N–C) groups is 1. The summed E-state index contributed by atoms with van der Waals surface area (Å²) in [4.78, 5) is 28.5. The molecule has 0 saturated carbocycles. The first-order valence-electron chi connectivity index (χ1n) is 11.5. The molecule has 1 atom stereocenters. The molecule has 2 aromatic rings. The van der Waals surface area contributed by atoms with E-state index in [-0.39, 0.29) is 11.9 Å². The van der Waals surface area contributed by atoms with Crippen molar-refractivity contribution in [1.29, 1.82) is 0 Å². The van der Waals surface area contributed by atoms with Gasteiger partial charge in [0.1, 0.15) is 5.82 Å². The van der Waals surface area contributed by atoms with Crippen LogP contribution in [0.25, 0.3) is 11.0 Å². The third-order valence-electron chi connectivity index (χ3n) is 6.61. The van der Waals surface area contributed by atoms with Crippen molar-refractivity contribution in [2.75, 3.05) is 52.9 Å². The molecule has 0 radical (unpaired) electrons. The van der Waals surface area contributed by atoms with E-state index < -0.39 is 0 Å². The quantitative estimate of drug-likeness (QED) is 0.582. The predicted octanol–water partition coefficient (Wildman–Crippen LogP) is 1.55. The van der Waals surface area contributed by atoms with E-state index in [1.54, 1.807) is 0 Å². The number of rotatable bonds is 5. The summed E-state index contributed by atoms with van der Waals surface area (Å²) in [5.41, 5.74) is 2.21. The number of piperazine rings is 1. The summed E-state index contributed by atoms with van der Waals surface area (Å²) < 4.78 is 2.25. The van der Waals surface area contributed by atoms with Gasteiger partial charge in [-0.05, 0) is 38.8 Å². The van der Waals surface area contributed by atoms with Gasteiger partial charge in [0.15, 0.2) is 5.96 Å². The summed E-state index contributed by atoms with van der Waals surface area (Å²) in [6.45, 7) is 11.1. The Labute approximate surface area is 184 Å². The third-order valence-corrected chi connectivity index (χ3v) is 6.61. The van der Waals surface area contributed by atoms with Gasteiger partial charge in [-0.25, -0.2) is 4.98 Å². The summed E-state index contributed by atoms with van der Waals surface area (Å²) in [5, 5.41) is 3.51. The molecule has 2 fully saturated rings. The summed E-state index contributed by atoms with van der Waals surface area (Å²) in [6, 6.07) is 8.22. The molecule has 1 N–H and O–H groups in total. The van der Waals surface area contributed by atoms with Gasteiger partial charge in [0.25, 0.3) is 0 Å². The van der Waals surface area contributed by atoms with Crippen LogP contribution in [0.1, 0.15) is 25.6 Å². The van der Waals surface area contributed by atoms with E-state index in [9.17, 15) is 4.79 Å². The monoisotopic (exact) mass is 425 g/mol. The van der Waals surface area contributed by atoms with Gasteiger partial charge in [0, 0.05) is 59.4 Å². The van der Waals surface area contributed by atoms with Gasteiger partial charge >= 0.3 is 0 Å². The summed E-state index contributed by atoms with van der Waals surface area (Å²) in [6.07, 6.45) is 2.28. The molecule has 0 aliphatic carbocycles. The van der Waals surface area contributed by atoms with Crippen molar-refractivity contribution in [2.45, 2.75) is 39.3 Å². The maximum atomic E-state index is 12.7. The van der Waals surface area contributed by atoms with Crippen LogP contribution in [-0.2, 0) is 11.3 Å². The van der Waals surface area contributed by atoms with E-state index in [4.69, 9.17) is 0 Å². The van der Waals surface area contributed by atoms with Crippen molar-refractivity contribution >= 4 is 22.9 Å². The lowest BCUT2D eigenvalue weighted by Gasteiger charge is -2.39. The lowest BCUT2D eigenvalue weighted by molar-refractivity contribution is -0.135. The first kappa shape index (κ1) is 21.6. The number of carbonyl (C=O) groups excluding carboxylic acids is 1. The molecule has 8 heteroatoms. The molecule has 1 aromatic carbocycles. The second kappa shape index (κ2) is 9.68. The highest BCUT2D eigenvalue weighted by molar-refractivity contribution is 5.82. The van der Waals surface area contributed by atoms with Gasteiger partial charge in [-0.2, -0.15) is 0 Å². The van der Waals surface area contributed by atoms with E-state index in [1.807, 2.05) is 18.0 Å². The predicted molar refractivity (Wildman–Crippen MR) is 124 cm³/mol. The Hall–Kier alpha value is -2.61. The van der Waals surface area contributed by atoms with Gasteiger partial charge in [-0.15, -0.1) is 0 Å². The lowest BCUT2D eigenvalue weighted by atomic mass is 10.2. The highest BCUT2D eigenvalue weighted by atomic mass is 16.2. The number of aryl methyl sites for hydroxylation is 1. The van der Waals surface area contributed by atoms with Crippen LogP contribution in [0.3, 0.4) is 0 Å². The normalized spacial score (nSPS) is 19.3. The molecule has 1 amide bonds. The fraction of sp³-hybridized carbons (Fsp3) is 0.609. The maximum absolute atomic E-state index is 12.7. The number of nitrogens with zero attached hydrogens (tertiary/aromatic N) is 6. The molecular weight excluding hydrogens is 390 g/mol. The molecule has 2 aliphatic heterocycles. The van der Waals surface area contributed by atoms with Crippen molar-refractivity contribution < 1.29 is 4.79 Å². The molecule has 3 heterocycles. The number of aromatic nitrogens is 2. The van der Waals surface area contributed by atoms with Gasteiger partial charge in [-0.3, -0.25) is 14.7 Å². The minimum Gasteiger partial charge on any atom is -0.354 e. The fourth-order valence-corrected chi connectivity index (χ4v) is 4.77. The van der Waals surface area contributed by atoms with Crippen LogP contribution in [0.5, 0.6) is 0 Å². The average Bonchev–Trinajstić information content (AvgIpc) is 3.44. The number of hydrogen-bond donors (Lipinski definition) is 1. The van der Waals surface area contributed by atoms with Crippen LogP contribution in [0.4, 0.5) is 0 Å². The number of amides is 1. The zero-order valence-electron chi connectivity index (χ0n) is 19.0. The fourth-order valence-electron chi connectivity index (χ4n) is 4.77.